The molecule has 0 aliphatic rings. The highest BCUT2D eigenvalue weighted by atomic mass is 16.1. The molecular weight excluding hydrogens is 160 g/mol. The number of carbonyl (C=O) groups excluding carboxylic acids is 1. The molecule has 0 saturated heterocycles. The molecule has 0 radical (unpaired) electrons. The van der Waals surface area contributed by atoms with Crippen LogP contribution in [0, 0.1) is 0 Å². The van der Waals surface area contributed by atoms with Crippen molar-refractivity contribution >= 4 is 5.78 Å². The summed E-state index contributed by atoms with van der Waals surface area (Å²) in [4.78, 5) is 11.6. The quantitative estimate of drug-likeness (QED) is 0.570. The molecule has 0 unspecified atom stereocenters. The largest absolute Gasteiger partial charge is 0.295 e. The Morgan fingerprint density at radius 3 is 1.85 bits per heavy atom. The Morgan fingerprint density at radius 2 is 1.54 bits per heavy atom. The molecule has 0 amide bonds. The summed E-state index contributed by atoms with van der Waals surface area (Å²) in [6.45, 7) is 8.33. The third-order valence-electron chi connectivity index (χ3n) is 2.42. The summed E-state index contributed by atoms with van der Waals surface area (Å²) in [6.07, 6.45) is 4.81. The highest BCUT2D eigenvalue weighted by Gasteiger charge is 2.09. The van der Waals surface area contributed by atoms with E-state index in [1.807, 2.05) is 6.92 Å². The van der Waals surface area contributed by atoms with Gasteiger partial charge in [-0.25, -0.2) is 0 Å². The first-order valence-corrected chi connectivity index (χ1v) is 5.45. The van der Waals surface area contributed by atoms with Gasteiger partial charge in [-0.1, -0.05) is 39.7 Å². The fourth-order valence-electron chi connectivity index (χ4n) is 1.70. The van der Waals surface area contributed by atoms with E-state index in [-0.39, 0.29) is 0 Å². The fraction of sp³-hybridized carbons (Fsp3) is 0.750. The van der Waals surface area contributed by atoms with Gasteiger partial charge in [0.2, 0.25) is 0 Å². The van der Waals surface area contributed by atoms with E-state index < -0.39 is 0 Å². The molecule has 0 spiro atoms. The van der Waals surface area contributed by atoms with Crippen molar-refractivity contribution in [3.8, 4) is 0 Å². The van der Waals surface area contributed by atoms with Crippen molar-refractivity contribution in [2.45, 2.75) is 59.8 Å². The predicted octanol–water partition coefficient (Wildman–Crippen LogP) is 3.88. The van der Waals surface area contributed by atoms with Gasteiger partial charge >= 0.3 is 0 Å². The lowest BCUT2D eigenvalue weighted by Crippen LogP contribution is -2.03. The number of rotatable bonds is 6. The Morgan fingerprint density at radius 1 is 0.923 bits per heavy atom. The summed E-state index contributed by atoms with van der Waals surface area (Å²) in [5, 5.41) is 0. The lowest BCUT2D eigenvalue weighted by molar-refractivity contribution is -0.115. The molecule has 0 aliphatic heterocycles. The van der Waals surface area contributed by atoms with Crippen LogP contribution >= 0.6 is 0 Å². The number of carbonyl (C=O) groups is 1. The zero-order chi connectivity index (χ0) is 10.3. The van der Waals surface area contributed by atoms with E-state index in [2.05, 4.69) is 20.8 Å². The molecule has 1 nitrogen and oxygen atoms in total. The van der Waals surface area contributed by atoms with Crippen LogP contribution in [0.1, 0.15) is 59.8 Å². The number of allylic oxidation sites excluding steroid dienone is 2. The van der Waals surface area contributed by atoms with Gasteiger partial charge in [-0.3, -0.25) is 4.79 Å². The number of hydrogen-bond acceptors (Lipinski definition) is 1. The average molecular weight is 182 g/mol. The predicted molar refractivity (Wildman–Crippen MR) is 57.8 cm³/mol. The molecule has 0 heterocycles. The van der Waals surface area contributed by atoms with E-state index in [1.54, 1.807) is 0 Å². The number of hydrogen-bond donors (Lipinski definition) is 0. The van der Waals surface area contributed by atoms with Crippen LogP contribution in [0.15, 0.2) is 11.1 Å². The second-order valence-electron chi connectivity index (χ2n) is 3.32. The second-order valence-corrected chi connectivity index (χ2v) is 3.32. The summed E-state index contributed by atoms with van der Waals surface area (Å²) in [6, 6.07) is 0. The molecule has 76 valence electrons. The minimum Gasteiger partial charge on any atom is -0.295 e. The SMILES string of the molecule is CCC/C(CC)=C(\CC)C(=O)CC. The van der Waals surface area contributed by atoms with Crippen LogP contribution in [0.2, 0.25) is 0 Å². The van der Waals surface area contributed by atoms with Crippen LogP contribution < -0.4 is 0 Å². The van der Waals surface area contributed by atoms with Crippen LogP contribution in [-0.2, 0) is 4.79 Å². The van der Waals surface area contributed by atoms with Gasteiger partial charge in [0.1, 0.15) is 0 Å². The normalized spacial score (nSPS) is 12.6. The van der Waals surface area contributed by atoms with Crippen molar-refractivity contribution in [2.24, 2.45) is 0 Å². The first kappa shape index (κ1) is 12.4. The Kier molecular flexibility index (Phi) is 6.56. The van der Waals surface area contributed by atoms with E-state index in [0.29, 0.717) is 12.2 Å². The van der Waals surface area contributed by atoms with Crippen molar-refractivity contribution in [3.05, 3.63) is 11.1 Å². The summed E-state index contributed by atoms with van der Waals surface area (Å²) >= 11 is 0. The van der Waals surface area contributed by atoms with Gasteiger partial charge in [-0.15, -0.1) is 0 Å². The molecule has 0 N–H and O–H groups in total. The van der Waals surface area contributed by atoms with Gasteiger partial charge in [0.05, 0.1) is 0 Å². The zero-order valence-corrected chi connectivity index (χ0v) is 9.44. The first-order valence-electron chi connectivity index (χ1n) is 5.45. The van der Waals surface area contributed by atoms with E-state index >= 15 is 0 Å². The van der Waals surface area contributed by atoms with Crippen molar-refractivity contribution in [1.82, 2.24) is 0 Å². The Labute approximate surface area is 82.2 Å². The lowest BCUT2D eigenvalue weighted by atomic mass is 9.95. The molecule has 1 heteroatoms. The highest BCUT2D eigenvalue weighted by Crippen LogP contribution is 2.19. The van der Waals surface area contributed by atoms with Crippen LogP contribution in [0.3, 0.4) is 0 Å². The number of Topliss-reactive ketones (excluding diaryl/α,β-unsaturated/α-hetero) is 1. The topological polar surface area (TPSA) is 17.1 Å². The molecule has 0 bridgehead atoms. The minimum absolute atomic E-state index is 0.341. The van der Waals surface area contributed by atoms with Crippen molar-refractivity contribution < 1.29 is 4.79 Å². The highest BCUT2D eigenvalue weighted by molar-refractivity contribution is 5.95. The molecule has 0 rings (SSSR count). The van der Waals surface area contributed by atoms with Gasteiger partial charge in [0, 0.05) is 6.42 Å². The molecule has 0 aromatic carbocycles. The van der Waals surface area contributed by atoms with Gasteiger partial charge in [-0.2, -0.15) is 0 Å². The summed E-state index contributed by atoms with van der Waals surface area (Å²) < 4.78 is 0. The van der Waals surface area contributed by atoms with Crippen molar-refractivity contribution in [1.29, 1.82) is 0 Å². The molecule has 0 atom stereocenters. The third kappa shape index (κ3) is 3.75. The minimum atomic E-state index is 0.341. The zero-order valence-electron chi connectivity index (χ0n) is 9.44. The van der Waals surface area contributed by atoms with Crippen LogP contribution in [0.4, 0.5) is 0 Å². The molecule has 0 aromatic rings. The van der Waals surface area contributed by atoms with Gasteiger partial charge in [0.15, 0.2) is 5.78 Å². The van der Waals surface area contributed by atoms with E-state index in [9.17, 15) is 4.79 Å². The van der Waals surface area contributed by atoms with E-state index in [0.717, 1.165) is 31.3 Å². The average Bonchev–Trinajstić information content (AvgIpc) is 2.17. The molecule has 0 fully saturated rings. The van der Waals surface area contributed by atoms with Crippen molar-refractivity contribution in [2.75, 3.05) is 0 Å². The van der Waals surface area contributed by atoms with Gasteiger partial charge < -0.3 is 0 Å². The first-order chi connectivity index (χ1) is 6.21. The van der Waals surface area contributed by atoms with Gasteiger partial charge in [-0.05, 0) is 24.8 Å². The maximum Gasteiger partial charge on any atom is 0.158 e. The summed E-state index contributed by atoms with van der Waals surface area (Å²) in [5.74, 6) is 0.341. The molecule has 0 aromatic heterocycles. The molecule has 0 saturated carbocycles. The summed E-state index contributed by atoms with van der Waals surface area (Å²) in [7, 11) is 0. The fourth-order valence-corrected chi connectivity index (χ4v) is 1.70. The Hall–Kier alpha value is -0.590. The monoisotopic (exact) mass is 182 g/mol. The Balaban J connectivity index is 4.70. The maximum absolute atomic E-state index is 11.6. The van der Waals surface area contributed by atoms with E-state index in [4.69, 9.17) is 0 Å². The second kappa shape index (κ2) is 6.88. The third-order valence-corrected chi connectivity index (χ3v) is 2.42. The molecule has 13 heavy (non-hydrogen) atoms. The van der Waals surface area contributed by atoms with Crippen molar-refractivity contribution in [3.63, 3.8) is 0 Å². The van der Waals surface area contributed by atoms with Gasteiger partial charge in [0.25, 0.3) is 0 Å². The molecule has 0 aliphatic carbocycles. The Bertz CT molecular complexity index is 189. The standard InChI is InChI=1S/C12H22O/c1-5-9-10(6-2)11(7-3)12(13)8-4/h5-9H2,1-4H3/b11-10+. The summed E-state index contributed by atoms with van der Waals surface area (Å²) in [5.41, 5.74) is 2.46. The maximum atomic E-state index is 11.6. The molecular formula is C12H22O. The van der Waals surface area contributed by atoms with E-state index in [1.165, 1.54) is 5.57 Å². The number of ketones is 1. The van der Waals surface area contributed by atoms with Crippen LogP contribution in [0.5, 0.6) is 0 Å². The van der Waals surface area contributed by atoms with Crippen LogP contribution in [0.25, 0.3) is 0 Å². The smallest absolute Gasteiger partial charge is 0.158 e. The van der Waals surface area contributed by atoms with Crippen LogP contribution in [-0.4, -0.2) is 5.78 Å². The lowest BCUT2D eigenvalue weighted by Gasteiger charge is -2.10.